The molecule has 5 heteroatoms. The minimum atomic E-state index is -0.514. The van der Waals surface area contributed by atoms with Crippen LogP contribution in [0.2, 0.25) is 0 Å². The number of thiol groups is 1. The van der Waals surface area contributed by atoms with Gasteiger partial charge in [-0.05, 0) is 25.0 Å². The smallest absolute Gasteiger partial charge is 0.246 e. The molecule has 4 nitrogen and oxygen atoms in total. The van der Waals surface area contributed by atoms with Crippen LogP contribution in [0.1, 0.15) is 25.7 Å². The van der Waals surface area contributed by atoms with E-state index in [-0.39, 0.29) is 11.8 Å². The number of nitrogens with zero attached hydrogens (tertiary/aromatic N) is 1. The number of carbonyl (C=O) groups excluding carboxylic acids is 2. The van der Waals surface area contributed by atoms with Crippen LogP contribution in [-0.2, 0) is 9.59 Å². The van der Waals surface area contributed by atoms with Crippen LogP contribution in [0.3, 0.4) is 0 Å². The van der Waals surface area contributed by atoms with Gasteiger partial charge in [0, 0.05) is 19.5 Å². The first kappa shape index (κ1) is 10.8. The Morgan fingerprint density at radius 1 is 1.53 bits per heavy atom. The highest BCUT2D eigenvalue weighted by atomic mass is 32.1. The molecular weight excluding hydrogens is 212 g/mol. The molecule has 0 bridgehead atoms. The molecule has 84 valence electrons. The van der Waals surface area contributed by atoms with Crippen molar-refractivity contribution < 1.29 is 9.59 Å². The van der Waals surface area contributed by atoms with Gasteiger partial charge in [-0.3, -0.25) is 9.59 Å². The van der Waals surface area contributed by atoms with Gasteiger partial charge in [0.15, 0.2) is 0 Å². The molecule has 0 aliphatic carbocycles. The summed E-state index contributed by atoms with van der Waals surface area (Å²) in [5.74, 6) is 0.652. The first-order chi connectivity index (χ1) is 7.20. The Morgan fingerprint density at radius 3 is 2.93 bits per heavy atom. The Balaban J connectivity index is 2.17. The molecule has 2 amide bonds. The van der Waals surface area contributed by atoms with Crippen LogP contribution in [0.25, 0.3) is 0 Å². The van der Waals surface area contributed by atoms with Gasteiger partial charge in [0.25, 0.3) is 0 Å². The third kappa shape index (κ3) is 1.62. The van der Waals surface area contributed by atoms with E-state index in [0.29, 0.717) is 18.7 Å². The number of likely N-dealkylation sites (tertiary alicyclic amines) is 1. The summed E-state index contributed by atoms with van der Waals surface area (Å²) in [6, 6.07) is 0. The highest BCUT2D eigenvalue weighted by Gasteiger charge is 2.51. The molecule has 2 aliphatic rings. The van der Waals surface area contributed by atoms with Gasteiger partial charge in [-0.15, -0.1) is 0 Å². The summed E-state index contributed by atoms with van der Waals surface area (Å²) < 4.78 is 0. The quantitative estimate of drug-likeness (QED) is 0.663. The van der Waals surface area contributed by atoms with E-state index >= 15 is 0 Å². The summed E-state index contributed by atoms with van der Waals surface area (Å²) in [4.78, 5) is 25.4. The number of nitrogens with one attached hydrogen (secondary N) is 1. The molecule has 0 aromatic carbocycles. The summed E-state index contributed by atoms with van der Waals surface area (Å²) in [5.41, 5.74) is -0.514. The van der Waals surface area contributed by atoms with E-state index in [1.54, 1.807) is 4.90 Å². The van der Waals surface area contributed by atoms with Gasteiger partial charge >= 0.3 is 0 Å². The molecule has 0 saturated carbocycles. The average molecular weight is 228 g/mol. The molecule has 0 aromatic heterocycles. The summed E-state index contributed by atoms with van der Waals surface area (Å²) in [7, 11) is 0. The zero-order valence-corrected chi connectivity index (χ0v) is 9.56. The van der Waals surface area contributed by atoms with Gasteiger partial charge in [0.05, 0.1) is 0 Å². The van der Waals surface area contributed by atoms with Gasteiger partial charge in [-0.2, -0.15) is 12.6 Å². The Morgan fingerprint density at radius 2 is 2.33 bits per heavy atom. The van der Waals surface area contributed by atoms with Crippen LogP contribution < -0.4 is 5.32 Å². The third-order valence-electron chi connectivity index (χ3n) is 3.36. The van der Waals surface area contributed by atoms with Gasteiger partial charge < -0.3 is 10.2 Å². The van der Waals surface area contributed by atoms with Crippen LogP contribution in [0, 0.1) is 0 Å². The second kappa shape index (κ2) is 4.04. The largest absolute Gasteiger partial charge is 0.354 e. The zero-order chi connectivity index (χ0) is 10.9. The minimum Gasteiger partial charge on any atom is -0.354 e. The Bertz CT molecular complexity index is 291. The van der Waals surface area contributed by atoms with Gasteiger partial charge in [0.1, 0.15) is 5.54 Å². The van der Waals surface area contributed by atoms with Crippen molar-refractivity contribution in [1.82, 2.24) is 10.2 Å². The molecule has 2 saturated heterocycles. The van der Waals surface area contributed by atoms with Crippen molar-refractivity contribution in [2.24, 2.45) is 0 Å². The van der Waals surface area contributed by atoms with E-state index in [0.717, 1.165) is 25.8 Å². The monoisotopic (exact) mass is 228 g/mol. The van der Waals surface area contributed by atoms with E-state index < -0.39 is 5.54 Å². The maximum atomic E-state index is 11.8. The maximum absolute atomic E-state index is 11.8. The maximum Gasteiger partial charge on any atom is 0.246 e. The molecule has 15 heavy (non-hydrogen) atoms. The third-order valence-corrected chi connectivity index (χ3v) is 3.59. The molecule has 1 unspecified atom stereocenters. The topological polar surface area (TPSA) is 49.4 Å². The molecule has 0 aromatic rings. The summed E-state index contributed by atoms with van der Waals surface area (Å²) in [6.07, 6.45) is 2.95. The molecule has 2 rings (SSSR count). The standard InChI is InChI=1S/C10H16N2O2S/c13-8(2-7-15)12-6-1-3-10(12)4-5-11-9(10)14/h15H,1-7H2,(H,11,14). The lowest BCUT2D eigenvalue weighted by atomic mass is 9.94. The fourth-order valence-corrected chi connectivity index (χ4v) is 2.82. The normalized spacial score (nSPS) is 29.9. The van der Waals surface area contributed by atoms with Crippen LogP contribution in [0.15, 0.2) is 0 Å². The molecule has 2 heterocycles. The summed E-state index contributed by atoms with van der Waals surface area (Å²) in [5, 5.41) is 2.83. The molecule has 0 radical (unpaired) electrons. The predicted octanol–water partition coefficient (Wildman–Crippen LogP) is 0.187. The number of amides is 2. The molecule has 1 spiro atoms. The Kier molecular flexibility index (Phi) is 2.91. The van der Waals surface area contributed by atoms with E-state index in [4.69, 9.17) is 0 Å². The Labute approximate surface area is 94.8 Å². The van der Waals surface area contributed by atoms with Crippen molar-refractivity contribution in [3.8, 4) is 0 Å². The lowest BCUT2D eigenvalue weighted by Crippen LogP contribution is -2.52. The summed E-state index contributed by atoms with van der Waals surface area (Å²) in [6.45, 7) is 1.42. The molecule has 1 atom stereocenters. The fraction of sp³-hybridized carbons (Fsp3) is 0.800. The van der Waals surface area contributed by atoms with Crippen LogP contribution in [0.5, 0.6) is 0 Å². The van der Waals surface area contributed by atoms with E-state index in [1.165, 1.54) is 0 Å². The second-order valence-corrected chi connectivity index (χ2v) is 4.61. The lowest BCUT2D eigenvalue weighted by Gasteiger charge is -2.32. The van der Waals surface area contributed by atoms with Crippen LogP contribution in [0.4, 0.5) is 0 Å². The van der Waals surface area contributed by atoms with E-state index in [2.05, 4.69) is 17.9 Å². The van der Waals surface area contributed by atoms with E-state index in [1.807, 2.05) is 0 Å². The molecule has 1 N–H and O–H groups in total. The minimum absolute atomic E-state index is 0.0347. The first-order valence-corrected chi connectivity index (χ1v) is 6.03. The van der Waals surface area contributed by atoms with E-state index in [9.17, 15) is 9.59 Å². The second-order valence-electron chi connectivity index (χ2n) is 4.16. The van der Waals surface area contributed by atoms with Crippen LogP contribution in [-0.4, -0.2) is 41.1 Å². The SMILES string of the molecule is O=C(CCS)N1CCCC12CCNC2=O. The highest BCUT2D eigenvalue weighted by molar-refractivity contribution is 7.80. The highest BCUT2D eigenvalue weighted by Crippen LogP contribution is 2.35. The van der Waals surface area contributed by atoms with Gasteiger partial charge in [0.2, 0.25) is 11.8 Å². The Hall–Kier alpha value is -0.710. The number of hydrogen-bond acceptors (Lipinski definition) is 3. The first-order valence-electron chi connectivity index (χ1n) is 5.40. The van der Waals surface area contributed by atoms with Gasteiger partial charge in [-0.1, -0.05) is 0 Å². The van der Waals surface area contributed by atoms with Gasteiger partial charge in [-0.25, -0.2) is 0 Å². The molecule has 2 aliphatic heterocycles. The van der Waals surface area contributed by atoms with Crippen LogP contribution >= 0.6 is 12.6 Å². The van der Waals surface area contributed by atoms with Crippen molar-refractivity contribution in [2.75, 3.05) is 18.8 Å². The number of carbonyl (C=O) groups is 2. The van der Waals surface area contributed by atoms with Crippen molar-refractivity contribution >= 4 is 24.4 Å². The molecular formula is C10H16N2O2S. The van der Waals surface area contributed by atoms with Crippen molar-refractivity contribution in [1.29, 1.82) is 0 Å². The summed E-state index contributed by atoms with van der Waals surface area (Å²) >= 11 is 4.06. The van der Waals surface area contributed by atoms with Crippen molar-refractivity contribution in [3.63, 3.8) is 0 Å². The predicted molar refractivity (Wildman–Crippen MR) is 59.8 cm³/mol. The molecule has 2 fully saturated rings. The lowest BCUT2D eigenvalue weighted by molar-refractivity contribution is -0.142. The number of rotatable bonds is 2. The zero-order valence-electron chi connectivity index (χ0n) is 8.66. The van der Waals surface area contributed by atoms with Crippen molar-refractivity contribution in [3.05, 3.63) is 0 Å². The fourth-order valence-electron chi connectivity index (χ4n) is 2.63. The number of hydrogen-bond donors (Lipinski definition) is 2. The average Bonchev–Trinajstić information content (AvgIpc) is 2.77. The van der Waals surface area contributed by atoms with Crippen molar-refractivity contribution in [2.45, 2.75) is 31.2 Å².